The van der Waals surface area contributed by atoms with Crippen molar-refractivity contribution in [1.82, 2.24) is 24.8 Å². The fraction of sp³-hybridized carbons (Fsp3) is 0.217. The number of H-pyrrole nitrogens is 2. The number of hydrogen-bond acceptors (Lipinski definition) is 4. The number of aryl methyl sites for hydroxylation is 2. The Bertz CT molecular complexity index is 1400. The summed E-state index contributed by atoms with van der Waals surface area (Å²) in [6, 6.07) is 11.9. The first-order valence-electron chi connectivity index (χ1n) is 9.94. The maximum absolute atomic E-state index is 13.0. The van der Waals surface area contributed by atoms with Gasteiger partial charge in [-0.2, -0.15) is 0 Å². The van der Waals surface area contributed by atoms with E-state index in [1.165, 1.54) is 16.7 Å². The van der Waals surface area contributed by atoms with Gasteiger partial charge < -0.3 is 19.9 Å². The van der Waals surface area contributed by atoms with Crippen LogP contribution in [0.2, 0.25) is 0 Å². The molecule has 4 rings (SSSR count). The van der Waals surface area contributed by atoms with Gasteiger partial charge in [0.05, 0.1) is 11.7 Å². The van der Waals surface area contributed by atoms with Crippen LogP contribution in [-0.2, 0) is 13.5 Å². The number of pyridine rings is 1. The van der Waals surface area contributed by atoms with Gasteiger partial charge in [0, 0.05) is 42.3 Å². The van der Waals surface area contributed by atoms with E-state index >= 15 is 0 Å². The minimum absolute atomic E-state index is 0.0404. The second-order valence-corrected chi connectivity index (χ2v) is 7.60. The molecule has 0 bridgehead atoms. The van der Waals surface area contributed by atoms with Crippen LogP contribution >= 0.6 is 0 Å². The molecule has 0 aliphatic heterocycles. The topological polar surface area (TPSA) is 113 Å². The average Bonchev–Trinajstić information content (AvgIpc) is 3.14. The third-order valence-electron chi connectivity index (χ3n) is 5.44. The number of benzene rings is 1. The SMILES string of the molecule is Cc1nc([C@H](Cc2c[nH]c3ccccc23)NC(=O)c2ccc(C)n(C)c2=O)cc(=O)[nH]1. The van der Waals surface area contributed by atoms with E-state index in [1.54, 1.807) is 27.0 Å². The highest BCUT2D eigenvalue weighted by atomic mass is 16.2. The Morgan fingerprint density at radius 3 is 2.71 bits per heavy atom. The molecule has 3 aromatic heterocycles. The molecule has 0 radical (unpaired) electrons. The van der Waals surface area contributed by atoms with Crippen molar-refractivity contribution < 1.29 is 4.79 Å². The molecule has 8 heteroatoms. The van der Waals surface area contributed by atoms with Gasteiger partial charge in [0.25, 0.3) is 17.0 Å². The first-order valence-corrected chi connectivity index (χ1v) is 9.94. The molecule has 31 heavy (non-hydrogen) atoms. The van der Waals surface area contributed by atoms with Gasteiger partial charge in [-0.1, -0.05) is 18.2 Å². The van der Waals surface area contributed by atoms with Gasteiger partial charge in [0.2, 0.25) is 0 Å². The first-order chi connectivity index (χ1) is 14.8. The summed E-state index contributed by atoms with van der Waals surface area (Å²) in [5.41, 5.74) is 2.50. The molecular weight excluding hydrogens is 394 g/mol. The molecule has 0 saturated carbocycles. The van der Waals surface area contributed by atoms with Crippen LogP contribution in [0.15, 0.2) is 58.3 Å². The van der Waals surface area contributed by atoms with E-state index in [-0.39, 0.29) is 16.7 Å². The van der Waals surface area contributed by atoms with Gasteiger partial charge in [-0.25, -0.2) is 4.98 Å². The molecule has 3 heterocycles. The first kappa shape index (κ1) is 20.3. The Morgan fingerprint density at radius 2 is 1.94 bits per heavy atom. The number of carbonyl (C=O) groups excluding carboxylic acids is 1. The monoisotopic (exact) mass is 417 g/mol. The molecule has 0 aliphatic rings. The summed E-state index contributed by atoms with van der Waals surface area (Å²) in [4.78, 5) is 47.9. The molecule has 158 valence electrons. The summed E-state index contributed by atoms with van der Waals surface area (Å²) in [5, 5.41) is 3.94. The number of amides is 1. The van der Waals surface area contributed by atoms with Crippen molar-refractivity contribution >= 4 is 16.8 Å². The lowest BCUT2D eigenvalue weighted by Crippen LogP contribution is -2.36. The highest BCUT2D eigenvalue weighted by Gasteiger charge is 2.22. The van der Waals surface area contributed by atoms with Crippen molar-refractivity contribution in [3.05, 3.63) is 97.7 Å². The van der Waals surface area contributed by atoms with E-state index in [2.05, 4.69) is 20.3 Å². The summed E-state index contributed by atoms with van der Waals surface area (Å²) in [7, 11) is 1.62. The molecule has 0 saturated heterocycles. The number of aromatic nitrogens is 4. The third-order valence-corrected chi connectivity index (χ3v) is 5.44. The Kier molecular flexibility index (Phi) is 5.29. The van der Waals surface area contributed by atoms with Crippen LogP contribution in [0.3, 0.4) is 0 Å². The summed E-state index contributed by atoms with van der Waals surface area (Å²) in [6.07, 6.45) is 2.28. The summed E-state index contributed by atoms with van der Waals surface area (Å²) in [5.74, 6) is -0.0582. The van der Waals surface area contributed by atoms with Crippen LogP contribution in [0, 0.1) is 13.8 Å². The third kappa shape index (κ3) is 4.05. The predicted molar refractivity (Wildman–Crippen MR) is 118 cm³/mol. The van der Waals surface area contributed by atoms with E-state index in [0.29, 0.717) is 17.9 Å². The molecule has 0 aliphatic carbocycles. The zero-order valence-electron chi connectivity index (χ0n) is 17.5. The molecule has 1 atom stereocenters. The van der Waals surface area contributed by atoms with Crippen LogP contribution < -0.4 is 16.4 Å². The van der Waals surface area contributed by atoms with Crippen molar-refractivity contribution in [3.63, 3.8) is 0 Å². The molecular formula is C23H23N5O3. The second kappa shape index (κ2) is 8.06. The van der Waals surface area contributed by atoms with Gasteiger partial charge in [0.15, 0.2) is 0 Å². The number of aromatic amines is 2. The largest absolute Gasteiger partial charge is 0.361 e. The van der Waals surface area contributed by atoms with Crippen molar-refractivity contribution in [2.24, 2.45) is 7.05 Å². The Hall–Kier alpha value is -3.94. The van der Waals surface area contributed by atoms with E-state index in [1.807, 2.05) is 30.5 Å². The Balaban J connectivity index is 1.73. The van der Waals surface area contributed by atoms with E-state index in [9.17, 15) is 14.4 Å². The number of fused-ring (bicyclic) bond motifs is 1. The van der Waals surface area contributed by atoms with Gasteiger partial charge in [0.1, 0.15) is 11.4 Å². The van der Waals surface area contributed by atoms with Crippen LogP contribution in [0.1, 0.15) is 39.2 Å². The number of para-hydroxylation sites is 1. The van der Waals surface area contributed by atoms with Crippen LogP contribution in [-0.4, -0.2) is 25.4 Å². The van der Waals surface area contributed by atoms with Crippen molar-refractivity contribution in [2.45, 2.75) is 26.3 Å². The number of hydrogen-bond donors (Lipinski definition) is 3. The molecule has 8 nitrogen and oxygen atoms in total. The fourth-order valence-electron chi connectivity index (χ4n) is 3.67. The molecule has 0 fully saturated rings. The van der Waals surface area contributed by atoms with Gasteiger partial charge >= 0.3 is 0 Å². The molecule has 1 aromatic carbocycles. The highest BCUT2D eigenvalue weighted by molar-refractivity contribution is 5.94. The Labute approximate surface area is 178 Å². The zero-order valence-corrected chi connectivity index (χ0v) is 17.5. The molecule has 3 N–H and O–H groups in total. The highest BCUT2D eigenvalue weighted by Crippen LogP contribution is 2.23. The summed E-state index contributed by atoms with van der Waals surface area (Å²) in [6.45, 7) is 3.48. The lowest BCUT2D eigenvalue weighted by molar-refractivity contribution is 0.0933. The Morgan fingerprint density at radius 1 is 1.16 bits per heavy atom. The minimum Gasteiger partial charge on any atom is -0.361 e. The van der Waals surface area contributed by atoms with Crippen molar-refractivity contribution in [1.29, 1.82) is 0 Å². The fourth-order valence-corrected chi connectivity index (χ4v) is 3.67. The van der Waals surface area contributed by atoms with Crippen molar-refractivity contribution in [3.8, 4) is 0 Å². The number of nitrogens with one attached hydrogen (secondary N) is 3. The van der Waals surface area contributed by atoms with Crippen molar-refractivity contribution in [2.75, 3.05) is 0 Å². The van der Waals surface area contributed by atoms with E-state index in [4.69, 9.17) is 0 Å². The zero-order chi connectivity index (χ0) is 22.1. The molecule has 4 aromatic rings. The summed E-state index contributed by atoms with van der Waals surface area (Å²) >= 11 is 0. The van der Waals surface area contributed by atoms with Crippen LogP contribution in [0.4, 0.5) is 0 Å². The van der Waals surface area contributed by atoms with Gasteiger partial charge in [-0.3, -0.25) is 14.4 Å². The molecule has 0 unspecified atom stereocenters. The lowest BCUT2D eigenvalue weighted by Gasteiger charge is -2.19. The van der Waals surface area contributed by atoms with E-state index < -0.39 is 11.9 Å². The molecule has 1 amide bonds. The number of nitrogens with zero attached hydrogens (tertiary/aromatic N) is 2. The van der Waals surface area contributed by atoms with E-state index in [0.717, 1.165) is 22.2 Å². The normalized spacial score (nSPS) is 12.1. The maximum Gasteiger partial charge on any atom is 0.263 e. The van der Waals surface area contributed by atoms with Gasteiger partial charge in [-0.15, -0.1) is 0 Å². The number of carbonyl (C=O) groups is 1. The van der Waals surface area contributed by atoms with Gasteiger partial charge in [-0.05, 0) is 37.6 Å². The second-order valence-electron chi connectivity index (χ2n) is 7.60. The minimum atomic E-state index is -0.598. The smallest absolute Gasteiger partial charge is 0.263 e. The lowest BCUT2D eigenvalue weighted by atomic mass is 10.0. The van der Waals surface area contributed by atoms with Crippen LogP contribution in [0.5, 0.6) is 0 Å². The van der Waals surface area contributed by atoms with Crippen LogP contribution in [0.25, 0.3) is 10.9 Å². The number of rotatable bonds is 5. The average molecular weight is 417 g/mol. The predicted octanol–water partition coefficient (Wildman–Crippen LogP) is 2.28. The molecule has 0 spiro atoms. The quantitative estimate of drug-likeness (QED) is 0.462. The standard InChI is InChI=1S/C23H23N5O3/c1-13-8-9-17(23(31)28(13)3)22(30)27-19(20-11-21(29)26-14(2)25-20)10-15-12-24-18-7-5-4-6-16(15)18/h4-9,11-12,19,24H,10H2,1-3H3,(H,27,30)(H,25,26,29)/t19-/m0/s1. The summed E-state index contributed by atoms with van der Waals surface area (Å²) < 4.78 is 1.43. The maximum atomic E-state index is 13.0.